The zero-order valence-corrected chi connectivity index (χ0v) is 10.5. The average molecular weight is 254 g/mol. The molecule has 0 amide bonds. The standard InChI is InChI=1S/C14H17ClFN/c15-14-8-5-12(16)10-11(14)4-2-1-3-9-17-13-6-7-13/h1-2,5,8,10,13,17H,3-4,6-7,9H2/b2-1+. The van der Waals surface area contributed by atoms with Crippen LogP contribution in [0, 0.1) is 5.82 Å². The Hall–Kier alpha value is -0.860. The molecule has 0 aromatic heterocycles. The second-order valence-electron chi connectivity index (χ2n) is 4.43. The summed E-state index contributed by atoms with van der Waals surface area (Å²) in [7, 11) is 0. The second-order valence-corrected chi connectivity index (χ2v) is 4.84. The smallest absolute Gasteiger partial charge is 0.123 e. The lowest BCUT2D eigenvalue weighted by molar-refractivity contribution is 0.626. The second kappa shape index (κ2) is 6.18. The number of hydrogen-bond donors (Lipinski definition) is 1. The Bertz CT molecular complexity index is 399. The first-order valence-electron chi connectivity index (χ1n) is 6.08. The van der Waals surface area contributed by atoms with Crippen LogP contribution < -0.4 is 5.32 Å². The van der Waals surface area contributed by atoms with Crippen molar-refractivity contribution in [3.05, 3.63) is 46.8 Å². The van der Waals surface area contributed by atoms with Crippen LogP contribution >= 0.6 is 11.6 Å². The first kappa shape index (κ1) is 12.6. The SMILES string of the molecule is Fc1ccc(Cl)c(C/C=C/CCNC2CC2)c1. The summed E-state index contributed by atoms with van der Waals surface area (Å²) >= 11 is 5.97. The molecule has 0 aliphatic heterocycles. The van der Waals surface area contributed by atoms with Gasteiger partial charge in [-0.2, -0.15) is 0 Å². The number of nitrogens with one attached hydrogen (secondary N) is 1. The van der Waals surface area contributed by atoms with Crippen LogP contribution in [0.5, 0.6) is 0 Å². The molecule has 1 N–H and O–H groups in total. The largest absolute Gasteiger partial charge is 0.314 e. The third-order valence-corrected chi connectivity index (χ3v) is 3.20. The van der Waals surface area contributed by atoms with Crippen LogP contribution in [-0.2, 0) is 6.42 Å². The van der Waals surface area contributed by atoms with Crippen molar-refractivity contribution in [1.29, 1.82) is 0 Å². The molecule has 92 valence electrons. The number of rotatable bonds is 6. The fraction of sp³-hybridized carbons (Fsp3) is 0.429. The summed E-state index contributed by atoms with van der Waals surface area (Å²) in [4.78, 5) is 0. The topological polar surface area (TPSA) is 12.0 Å². The molecule has 1 fully saturated rings. The van der Waals surface area contributed by atoms with Gasteiger partial charge < -0.3 is 5.32 Å². The molecule has 1 aromatic rings. The highest BCUT2D eigenvalue weighted by molar-refractivity contribution is 6.31. The first-order valence-corrected chi connectivity index (χ1v) is 6.46. The van der Waals surface area contributed by atoms with Crippen LogP contribution in [-0.4, -0.2) is 12.6 Å². The van der Waals surface area contributed by atoms with Gasteiger partial charge in [0, 0.05) is 11.1 Å². The molecule has 0 saturated heterocycles. The van der Waals surface area contributed by atoms with Crippen molar-refractivity contribution in [3.8, 4) is 0 Å². The summed E-state index contributed by atoms with van der Waals surface area (Å²) in [6, 6.07) is 5.25. The van der Waals surface area contributed by atoms with E-state index in [0.717, 1.165) is 24.6 Å². The van der Waals surface area contributed by atoms with E-state index in [4.69, 9.17) is 11.6 Å². The maximum absolute atomic E-state index is 13.0. The summed E-state index contributed by atoms with van der Waals surface area (Å²) in [6.45, 7) is 1.03. The Morgan fingerprint density at radius 1 is 1.35 bits per heavy atom. The van der Waals surface area contributed by atoms with E-state index in [2.05, 4.69) is 17.5 Å². The van der Waals surface area contributed by atoms with Crippen LogP contribution in [0.1, 0.15) is 24.8 Å². The third-order valence-electron chi connectivity index (χ3n) is 2.83. The van der Waals surface area contributed by atoms with E-state index >= 15 is 0 Å². The Kier molecular flexibility index (Phi) is 4.57. The van der Waals surface area contributed by atoms with Gasteiger partial charge in [-0.15, -0.1) is 0 Å². The lowest BCUT2D eigenvalue weighted by Gasteiger charge is -2.01. The Labute approximate surface area is 107 Å². The van der Waals surface area contributed by atoms with Gasteiger partial charge in [0.15, 0.2) is 0 Å². The van der Waals surface area contributed by atoms with Crippen LogP contribution in [0.25, 0.3) is 0 Å². The maximum Gasteiger partial charge on any atom is 0.123 e. The van der Waals surface area contributed by atoms with Crippen molar-refractivity contribution in [3.63, 3.8) is 0 Å². The van der Waals surface area contributed by atoms with Gasteiger partial charge in [-0.25, -0.2) is 4.39 Å². The molecular formula is C14H17ClFN. The fourth-order valence-electron chi connectivity index (χ4n) is 1.69. The first-order chi connectivity index (χ1) is 8.25. The predicted octanol–water partition coefficient (Wildman–Crippen LogP) is 3.72. The van der Waals surface area contributed by atoms with Crippen molar-refractivity contribution >= 4 is 11.6 Å². The highest BCUT2D eigenvalue weighted by atomic mass is 35.5. The van der Waals surface area contributed by atoms with Crippen molar-refractivity contribution in [1.82, 2.24) is 5.32 Å². The van der Waals surface area contributed by atoms with E-state index in [-0.39, 0.29) is 5.82 Å². The third kappa shape index (κ3) is 4.49. The van der Waals surface area contributed by atoms with Gasteiger partial charge in [0.25, 0.3) is 0 Å². The van der Waals surface area contributed by atoms with Crippen LogP contribution in [0.2, 0.25) is 5.02 Å². The summed E-state index contributed by atoms with van der Waals surface area (Å²) in [6.07, 6.45) is 8.53. The summed E-state index contributed by atoms with van der Waals surface area (Å²) in [5.41, 5.74) is 0.845. The molecular weight excluding hydrogens is 237 g/mol. The van der Waals surface area contributed by atoms with Gasteiger partial charge in [-0.05, 0) is 56.0 Å². The lowest BCUT2D eigenvalue weighted by Crippen LogP contribution is -2.16. The molecule has 0 spiro atoms. The molecule has 0 unspecified atom stereocenters. The van der Waals surface area contributed by atoms with Gasteiger partial charge in [0.1, 0.15) is 5.82 Å². The predicted molar refractivity (Wildman–Crippen MR) is 69.9 cm³/mol. The van der Waals surface area contributed by atoms with E-state index in [1.165, 1.54) is 25.0 Å². The van der Waals surface area contributed by atoms with Crippen molar-refractivity contribution in [2.75, 3.05) is 6.54 Å². The Balaban J connectivity index is 1.72. The minimum absolute atomic E-state index is 0.229. The lowest BCUT2D eigenvalue weighted by atomic mass is 10.1. The molecule has 2 rings (SSSR count). The van der Waals surface area contributed by atoms with Gasteiger partial charge in [-0.1, -0.05) is 23.8 Å². The maximum atomic E-state index is 13.0. The average Bonchev–Trinajstić information content (AvgIpc) is 3.11. The number of hydrogen-bond acceptors (Lipinski definition) is 1. The Morgan fingerprint density at radius 2 is 2.18 bits per heavy atom. The highest BCUT2D eigenvalue weighted by Crippen LogP contribution is 2.19. The van der Waals surface area contributed by atoms with E-state index in [0.29, 0.717) is 11.4 Å². The van der Waals surface area contributed by atoms with Gasteiger partial charge >= 0.3 is 0 Å². The van der Waals surface area contributed by atoms with Gasteiger partial charge in [0.05, 0.1) is 0 Å². The van der Waals surface area contributed by atoms with Crippen LogP contribution in [0.3, 0.4) is 0 Å². The zero-order valence-electron chi connectivity index (χ0n) is 9.76. The molecule has 17 heavy (non-hydrogen) atoms. The fourth-order valence-corrected chi connectivity index (χ4v) is 1.88. The molecule has 0 radical (unpaired) electrons. The molecule has 1 saturated carbocycles. The zero-order chi connectivity index (χ0) is 12.1. The molecule has 1 aliphatic carbocycles. The quantitative estimate of drug-likeness (QED) is 0.602. The number of halogens is 2. The molecule has 0 atom stereocenters. The summed E-state index contributed by atoms with van der Waals surface area (Å²) < 4.78 is 13.0. The van der Waals surface area contributed by atoms with Crippen molar-refractivity contribution in [2.45, 2.75) is 31.7 Å². The molecule has 3 heteroatoms. The van der Waals surface area contributed by atoms with E-state index in [9.17, 15) is 4.39 Å². The van der Waals surface area contributed by atoms with Crippen molar-refractivity contribution < 1.29 is 4.39 Å². The minimum Gasteiger partial charge on any atom is -0.314 e. The minimum atomic E-state index is -0.229. The van der Waals surface area contributed by atoms with Crippen LogP contribution in [0.15, 0.2) is 30.4 Å². The van der Waals surface area contributed by atoms with Gasteiger partial charge in [-0.3, -0.25) is 0 Å². The summed E-state index contributed by atoms with van der Waals surface area (Å²) in [5, 5.41) is 4.07. The molecule has 0 bridgehead atoms. The molecule has 0 heterocycles. The van der Waals surface area contributed by atoms with E-state index < -0.39 is 0 Å². The molecule has 1 aromatic carbocycles. The van der Waals surface area contributed by atoms with E-state index in [1.54, 1.807) is 6.07 Å². The highest BCUT2D eigenvalue weighted by Gasteiger charge is 2.19. The molecule has 1 nitrogen and oxygen atoms in total. The monoisotopic (exact) mass is 253 g/mol. The van der Waals surface area contributed by atoms with E-state index in [1.807, 2.05) is 0 Å². The Morgan fingerprint density at radius 3 is 2.94 bits per heavy atom. The van der Waals surface area contributed by atoms with Gasteiger partial charge in [0.2, 0.25) is 0 Å². The normalized spacial score (nSPS) is 15.6. The number of allylic oxidation sites excluding steroid dienone is 1. The summed E-state index contributed by atoms with van der Waals surface area (Å²) in [5.74, 6) is -0.229. The number of benzene rings is 1. The molecule has 1 aliphatic rings. The van der Waals surface area contributed by atoms with Crippen LogP contribution in [0.4, 0.5) is 4.39 Å². The van der Waals surface area contributed by atoms with Crippen molar-refractivity contribution in [2.24, 2.45) is 0 Å².